The molecule has 0 spiro atoms. The Balaban J connectivity index is 1.44. The van der Waals surface area contributed by atoms with Crippen LogP contribution in [0.3, 0.4) is 0 Å². The van der Waals surface area contributed by atoms with E-state index in [0.717, 1.165) is 49.3 Å². The summed E-state index contributed by atoms with van der Waals surface area (Å²) in [6.07, 6.45) is 2.92. The summed E-state index contributed by atoms with van der Waals surface area (Å²) in [4.78, 5) is 15.0. The standard InChI is InChI=1S/C20H24FN3O/c1-13-9-14(2)24(22-13)12-17-7-4-8-23(17)20(25)19-11-18(19)15-5-3-6-16(21)10-15/h3,5-6,9-10,17-19H,4,7-8,11-12H2,1-2H3/t17-,18+,19-/m0/s1. The Bertz CT molecular complexity index is 800. The molecule has 1 saturated heterocycles. The number of halogens is 1. The lowest BCUT2D eigenvalue weighted by molar-refractivity contribution is -0.133. The Kier molecular flexibility index (Phi) is 4.10. The van der Waals surface area contributed by atoms with E-state index in [4.69, 9.17) is 0 Å². The highest BCUT2D eigenvalue weighted by atomic mass is 19.1. The molecule has 4 rings (SSSR count). The zero-order valence-electron chi connectivity index (χ0n) is 14.8. The molecule has 1 aromatic carbocycles. The second kappa shape index (κ2) is 6.28. The maximum absolute atomic E-state index is 13.4. The molecule has 0 radical (unpaired) electrons. The molecule has 2 aromatic rings. The van der Waals surface area contributed by atoms with Crippen molar-refractivity contribution in [2.75, 3.05) is 6.54 Å². The predicted octanol–water partition coefficient (Wildman–Crippen LogP) is 3.43. The number of hydrogen-bond donors (Lipinski definition) is 0. The maximum Gasteiger partial charge on any atom is 0.226 e. The summed E-state index contributed by atoms with van der Waals surface area (Å²) in [7, 11) is 0. The largest absolute Gasteiger partial charge is 0.338 e. The summed E-state index contributed by atoms with van der Waals surface area (Å²) < 4.78 is 15.4. The predicted molar refractivity (Wildman–Crippen MR) is 93.7 cm³/mol. The number of rotatable bonds is 4. The molecule has 2 aliphatic rings. The van der Waals surface area contributed by atoms with Crippen molar-refractivity contribution in [2.45, 2.75) is 51.6 Å². The highest BCUT2D eigenvalue weighted by Gasteiger charge is 2.47. The van der Waals surface area contributed by atoms with Crippen LogP contribution < -0.4 is 0 Å². The third kappa shape index (κ3) is 3.20. The van der Waals surface area contributed by atoms with Crippen LogP contribution in [0.15, 0.2) is 30.3 Å². The van der Waals surface area contributed by atoms with E-state index < -0.39 is 0 Å². The van der Waals surface area contributed by atoms with Gasteiger partial charge in [-0.1, -0.05) is 12.1 Å². The number of benzene rings is 1. The van der Waals surface area contributed by atoms with Crippen molar-refractivity contribution in [3.63, 3.8) is 0 Å². The molecule has 0 N–H and O–H groups in total. The van der Waals surface area contributed by atoms with Crippen LogP contribution in [0.4, 0.5) is 4.39 Å². The Morgan fingerprint density at radius 2 is 2.16 bits per heavy atom. The SMILES string of the molecule is Cc1cc(C)n(C[C@@H]2CCCN2C(=O)[C@H]2C[C@@H]2c2cccc(F)c2)n1. The molecule has 0 bridgehead atoms. The summed E-state index contributed by atoms with van der Waals surface area (Å²) in [5.41, 5.74) is 3.11. The van der Waals surface area contributed by atoms with E-state index in [2.05, 4.69) is 18.1 Å². The minimum atomic E-state index is -0.223. The van der Waals surface area contributed by atoms with Gasteiger partial charge in [-0.2, -0.15) is 5.10 Å². The van der Waals surface area contributed by atoms with Crippen molar-refractivity contribution in [1.82, 2.24) is 14.7 Å². The average Bonchev–Trinajstić information content (AvgIpc) is 3.14. The topological polar surface area (TPSA) is 38.1 Å². The summed E-state index contributed by atoms with van der Waals surface area (Å²) in [6.45, 7) is 5.65. The molecule has 1 aliphatic heterocycles. The number of carbonyl (C=O) groups is 1. The molecule has 2 heterocycles. The summed E-state index contributed by atoms with van der Waals surface area (Å²) in [6, 6.07) is 8.97. The molecule has 25 heavy (non-hydrogen) atoms. The summed E-state index contributed by atoms with van der Waals surface area (Å²) in [5, 5.41) is 4.54. The van der Waals surface area contributed by atoms with Gasteiger partial charge in [-0.15, -0.1) is 0 Å². The number of likely N-dealkylation sites (tertiary alicyclic amines) is 1. The average molecular weight is 341 g/mol. The van der Waals surface area contributed by atoms with Gasteiger partial charge in [0.25, 0.3) is 0 Å². The quantitative estimate of drug-likeness (QED) is 0.854. The van der Waals surface area contributed by atoms with Crippen molar-refractivity contribution >= 4 is 5.91 Å². The van der Waals surface area contributed by atoms with Gasteiger partial charge in [0.05, 0.1) is 18.3 Å². The lowest BCUT2D eigenvalue weighted by atomic mass is 10.1. The molecule has 5 heteroatoms. The van der Waals surface area contributed by atoms with E-state index in [1.54, 1.807) is 12.1 Å². The van der Waals surface area contributed by atoms with Gasteiger partial charge in [-0.25, -0.2) is 4.39 Å². The Morgan fingerprint density at radius 1 is 1.32 bits per heavy atom. The molecule has 1 aromatic heterocycles. The van der Waals surface area contributed by atoms with Gasteiger partial charge in [-0.3, -0.25) is 9.48 Å². The van der Waals surface area contributed by atoms with E-state index in [0.29, 0.717) is 0 Å². The number of nitrogens with zero attached hydrogens (tertiary/aromatic N) is 3. The first-order valence-corrected chi connectivity index (χ1v) is 9.10. The molecule has 1 aliphatic carbocycles. The van der Waals surface area contributed by atoms with Crippen LogP contribution in [0, 0.1) is 25.6 Å². The molecular weight excluding hydrogens is 317 g/mol. The second-order valence-electron chi connectivity index (χ2n) is 7.44. The van der Waals surface area contributed by atoms with Gasteiger partial charge >= 0.3 is 0 Å². The van der Waals surface area contributed by atoms with Crippen LogP contribution in [-0.4, -0.2) is 33.2 Å². The number of amides is 1. The molecule has 1 amide bonds. The molecule has 0 unspecified atom stereocenters. The lowest BCUT2D eigenvalue weighted by Crippen LogP contribution is -2.39. The van der Waals surface area contributed by atoms with Crippen LogP contribution in [0.2, 0.25) is 0 Å². The Morgan fingerprint density at radius 3 is 2.88 bits per heavy atom. The van der Waals surface area contributed by atoms with Gasteiger partial charge < -0.3 is 4.90 Å². The number of hydrogen-bond acceptors (Lipinski definition) is 2. The van der Waals surface area contributed by atoms with Crippen molar-refractivity contribution in [3.8, 4) is 0 Å². The van der Waals surface area contributed by atoms with Crippen LogP contribution in [0.1, 0.15) is 42.1 Å². The first kappa shape index (κ1) is 16.3. The molecule has 4 nitrogen and oxygen atoms in total. The van der Waals surface area contributed by atoms with Crippen molar-refractivity contribution in [2.24, 2.45) is 5.92 Å². The lowest BCUT2D eigenvalue weighted by Gasteiger charge is -2.25. The van der Waals surface area contributed by atoms with Gasteiger partial charge in [0.2, 0.25) is 5.91 Å². The first-order valence-electron chi connectivity index (χ1n) is 9.10. The normalized spacial score (nSPS) is 25.4. The Labute approximate surface area is 147 Å². The molecular formula is C20H24FN3O. The van der Waals surface area contributed by atoms with Gasteiger partial charge in [0, 0.05) is 18.2 Å². The van der Waals surface area contributed by atoms with E-state index in [-0.39, 0.29) is 29.6 Å². The van der Waals surface area contributed by atoms with E-state index in [9.17, 15) is 9.18 Å². The monoisotopic (exact) mass is 341 g/mol. The third-order valence-corrected chi connectivity index (χ3v) is 5.53. The van der Waals surface area contributed by atoms with Crippen LogP contribution in [-0.2, 0) is 11.3 Å². The van der Waals surface area contributed by atoms with Crippen molar-refractivity contribution in [1.29, 1.82) is 0 Å². The zero-order chi connectivity index (χ0) is 17.6. The van der Waals surface area contributed by atoms with Crippen molar-refractivity contribution in [3.05, 3.63) is 53.1 Å². The van der Waals surface area contributed by atoms with E-state index in [1.807, 2.05) is 22.6 Å². The number of aromatic nitrogens is 2. The molecule has 3 atom stereocenters. The maximum atomic E-state index is 13.4. The summed E-state index contributed by atoms with van der Waals surface area (Å²) in [5.74, 6) is 0.207. The highest BCUT2D eigenvalue weighted by molar-refractivity contribution is 5.83. The summed E-state index contributed by atoms with van der Waals surface area (Å²) >= 11 is 0. The van der Waals surface area contributed by atoms with Crippen LogP contribution >= 0.6 is 0 Å². The fourth-order valence-corrected chi connectivity index (χ4v) is 4.16. The fourth-order valence-electron chi connectivity index (χ4n) is 4.16. The minimum absolute atomic E-state index is 0.0165. The Hall–Kier alpha value is -2.17. The van der Waals surface area contributed by atoms with Crippen LogP contribution in [0.25, 0.3) is 0 Å². The minimum Gasteiger partial charge on any atom is -0.338 e. The smallest absolute Gasteiger partial charge is 0.226 e. The van der Waals surface area contributed by atoms with Gasteiger partial charge in [0.15, 0.2) is 0 Å². The van der Waals surface area contributed by atoms with E-state index in [1.165, 1.54) is 6.07 Å². The van der Waals surface area contributed by atoms with Crippen LogP contribution in [0.5, 0.6) is 0 Å². The van der Waals surface area contributed by atoms with E-state index >= 15 is 0 Å². The number of carbonyl (C=O) groups excluding carboxylic acids is 1. The fraction of sp³-hybridized carbons (Fsp3) is 0.500. The molecule has 2 fully saturated rings. The second-order valence-corrected chi connectivity index (χ2v) is 7.44. The first-order chi connectivity index (χ1) is 12.0. The number of aryl methyl sites for hydroxylation is 2. The van der Waals surface area contributed by atoms with Gasteiger partial charge in [0.1, 0.15) is 5.82 Å². The van der Waals surface area contributed by atoms with Crippen molar-refractivity contribution < 1.29 is 9.18 Å². The highest BCUT2D eigenvalue weighted by Crippen LogP contribution is 2.49. The molecule has 1 saturated carbocycles. The molecule has 132 valence electrons. The third-order valence-electron chi connectivity index (χ3n) is 5.53. The zero-order valence-corrected chi connectivity index (χ0v) is 14.8. The van der Waals surface area contributed by atoms with Gasteiger partial charge in [-0.05, 0) is 62.8 Å².